The van der Waals surface area contributed by atoms with Gasteiger partial charge in [0.15, 0.2) is 0 Å². The number of pyridine rings is 1. The summed E-state index contributed by atoms with van der Waals surface area (Å²) in [5.41, 5.74) is 2.02. The van der Waals surface area contributed by atoms with E-state index in [-0.39, 0.29) is 0 Å². The van der Waals surface area contributed by atoms with Crippen LogP contribution in [-0.4, -0.2) is 53.3 Å². The zero-order valence-electron chi connectivity index (χ0n) is 13.1. The predicted molar refractivity (Wildman–Crippen MR) is 91.4 cm³/mol. The third-order valence-corrected chi connectivity index (χ3v) is 5.26. The van der Waals surface area contributed by atoms with Crippen molar-refractivity contribution in [1.29, 1.82) is 0 Å². The molecule has 1 atom stereocenters. The van der Waals surface area contributed by atoms with Gasteiger partial charge >= 0.3 is 0 Å². The average molecular weight is 330 g/mol. The van der Waals surface area contributed by atoms with Gasteiger partial charge in [0, 0.05) is 43.8 Å². The van der Waals surface area contributed by atoms with Crippen LogP contribution in [0.2, 0.25) is 0 Å². The number of morpholine rings is 1. The SMILES string of the molecule is c1ccc(-c2nc(CNC[C@H]3CN(C4CC4)CCO3)cs2)nc1. The van der Waals surface area contributed by atoms with E-state index in [0.717, 1.165) is 55.2 Å². The first-order chi connectivity index (χ1) is 11.4. The van der Waals surface area contributed by atoms with Crippen LogP contribution in [0.15, 0.2) is 29.8 Å². The van der Waals surface area contributed by atoms with Crippen molar-refractivity contribution in [3.63, 3.8) is 0 Å². The maximum atomic E-state index is 5.87. The Kier molecular flexibility index (Phi) is 4.66. The molecule has 0 bridgehead atoms. The Morgan fingerprint density at radius 3 is 3.13 bits per heavy atom. The number of thiazole rings is 1. The Labute approximate surface area is 140 Å². The van der Waals surface area contributed by atoms with Gasteiger partial charge in [-0.15, -0.1) is 11.3 Å². The minimum absolute atomic E-state index is 0.304. The van der Waals surface area contributed by atoms with Crippen LogP contribution in [-0.2, 0) is 11.3 Å². The summed E-state index contributed by atoms with van der Waals surface area (Å²) >= 11 is 1.65. The molecule has 122 valence electrons. The molecule has 3 heterocycles. The van der Waals surface area contributed by atoms with E-state index < -0.39 is 0 Å². The van der Waals surface area contributed by atoms with E-state index in [1.54, 1.807) is 17.5 Å². The largest absolute Gasteiger partial charge is 0.374 e. The first-order valence-electron chi connectivity index (χ1n) is 8.30. The molecule has 2 aromatic rings. The summed E-state index contributed by atoms with van der Waals surface area (Å²) in [6.07, 6.45) is 4.85. The number of nitrogens with one attached hydrogen (secondary N) is 1. The lowest BCUT2D eigenvalue weighted by Gasteiger charge is -2.33. The zero-order chi connectivity index (χ0) is 15.5. The van der Waals surface area contributed by atoms with E-state index in [2.05, 4.69) is 25.6 Å². The normalized spacial score (nSPS) is 22.3. The minimum Gasteiger partial charge on any atom is -0.374 e. The fraction of sp³-hybridized carbons (Fsp3) is 0.529. The van der Waals surface area contributed by atoms with Gasteiger partial charge in [-0.2, -0.15) is 0 Å². The second-order valence-corrected chi connectivity index (χ2v) is 7.07. The highest BCUT2D eigenvalue weighted by Gasteiger charge is 2.32. The number of rotatable bonds is 6. The molecule has 2 aromatic heterocycles. The lowest BCUT2D eigenvalue weighted by atomic mass is 10.2. The van der Waals surface area contributed by atoms with Crippen LogP contribution in [0.1, 0.15) is 18.5 Å². The maximum absolute atomic E-state index is 5.87. The van der Waals surface area contributed by atoms with Gasteiger partial charge in [-0.1, -0.05) is 6.07 Å². The Morgan fingerprint density at radius 1 is 1.35 bits per heavy atom. The van der Waals surface area contributed by atoms with E-state index in [4.69, 9.17) is 4.74 Å². The van der Waals surface area contributed by atoms with Crippen LogP contribution in [0.4, 0.5) is 0 Å². The van der Waals surface area contributed by atoms with E-state index in [0.29, 0.717) is 6.10 Å². The summed E-state index contributed by atoms with van der Waals surface area (Å²) in [6, 6.07) is 6.75. The van der Waals surface area contributed by atoms with Crippen LogP contribution >= 0.6 is 11.3 Å². The smallest absolute Gasteiger partial charge is 0.142 e. The van der Waals surface area contributed by atoms with Crippen LogP contribution < -0.4 is 5.32 Å². The van der Waals surface area contributed by atoms with Crippen molar-refractivity contribution in [1.82, 2.24) is 20.2 Å². The molecule has 0 amide bonds. The first kappa shape index (κ1) is 15.2. The standard InChI is InChI=1S/C17H22N4OS/c1-2-6-19-16(3-1)17-20-13(12-23-17)9-18-10-15-11-21(7-8-22-15)14-4-5-14/h1-3,6,12,14-15,18H,4-5,7-11H2/t15-/m0/s1. The van der Waals surface area contributed by atoms with Crippen molar-refractivity contribution in [3.05, 3.63) is 35.5 Å². The van der Waals surface area contributed by atoms with Gasteiger partial charge in [0.1, 0.15) is 5.01 Å². The third kappa shape index (κ3) is 3.95. The van der Waals surface area contributed by atoms with E-state index >= 15 is 0 Å². The van der Waals surface area contributed by atoms with E-state index in [9.17, 15) is 0 Å². The molecule has 1 saturated carbocycles. The summed E-state index contributed by atoms with van der Waals surface area (Å²) in [4.78, 5) is 11.6. The van der Waals surface area contributed by atoms with Crippen molar-refractivity contribution in [2.24, 2.45) is 0 Å². The second kappa shape index (κ2) is 7.05. The van der Waals surface area contributed by atoms with Crippen molar-refractivity contribution in [2.75, 3.05) is 26.2 Å². The molecule has 0 spiro atoms. The highest BCUT2D eigenvalue weighted by atomic mass is 32.1. The molecule has 4 rings (SSSR count). The molecule has 1 aliphatic heterocycles. The molecule has 0 radical (unpaired) electrons. The summed E-state index contributed by atoms with van der Waals surface area (Å²) in [7, 11) is 0. The van der Waals surface area contributed by atoms with Gasteiger partial charge in [0.25, 0.3) is 0 Å². The lowest BCUT2D eigenvalue weighted by molar-refractivity contribution is -0.0301. The average Bonchev–Trinajstić information content (AvgIpc) is 3.35. The van der Waals surface area contributed by atoms with E-state index in [1.165, 1.54) is 12.8 Å². The molecule has 23 heavy (non-hydrogen) atoms. The molecule has 2 fully saturated rings. The number of ether oxygens (including phenoxy) is 1. The van der Waals surface area contributed by atoms with Gasteiger partial charge in [0.05, 0.1) is 24.1 Å². The number of aromatic nitrogens is 2. The van der Waals surface area contributed by atoms with Crippen molar-refractivity contribution >= 4 is 11.3 Å². The van der Waals surface area contributed by atoms with Crippen LogP contribution in [0, 0.1) is 0 Å². The van der Waals surface area contributed by atoms with Gasteiger partial charge in [-0.05, 0) is 25.0 Å². The highest BCUT2D eigenvalue weighted by Crippen LogP contribution is 2.28. The van der Waals surface area contributed by atoms with Crippen molar-refractivity contribution in [3.8, 4) is 10.7 Å². The minimum atomic E-state index is 0.304. The van der Waals surface area contributed by atoms with Crippen LogP contribution in [0.3, 0.4) is 0 Å². The molecule has 6 heteroatoms. The molecule has 2 aliphatic rings. The monoisotopic (exact) mass is 330 g/mol. The van der Waals surface area contributed by atoms with Gasteiger partial charge in [-0.25, -0.2) is 4.98 Å². The van der Waals surface area contributed by atoms with Gasteiger partial charge in [-0.3, -0.25) is 9.88 Å². The molecule has 1 saturated heterocycles. The lowest BCUT2D eigenvalue weighted by Crippen LogP contribution is -2.47. The first-order valence-corrected chi connectivity index (χ1v) is 9.18. The number of hydrogen-bond acceptors (Lipinski definition) is 6. The molecular formula is C17H22N4OS. The fourth-order valence-corrected chi connectivity index (χ4v) is 3.79. The molecule has 5 nitrogen and oxygen atoms in total. The topological polar surface area (TPSA) is 50.3 Å². The van der Waals surface area contributed by atoms with Crippen LogP contribution in [0.5, 0.6) is 0 Å². The van der Waals surface area contributed by atoms with Crippen molar-refractivity contribution < 1.29 is 4.74 Å². The molecular weight excluding hydrogens is 308 g/mol. The fourth-order valence-electron chi connectivity index (χ4n) is 2.99. The van der Waals surface area contributed by atoms with Gasteiger partial charge in [0.2, 0.25) is 0 Å². The molecule has 0 aromatic carbocycles. The Bertz CT molecular complexity index is 629. The maximum Gasteiger partial charge on any atom is 0.142 e. The summed E-state index contributed by atoms with van der Waals surface area (Å²) in [5.74, 6) is 0. The van der Waals surface area contributed by atoms with Gasteiger partial charge < -0.3 is 10.1 Å². The molecule has 1 aliphatic carbocycles. The second-order valence-electron chi connectivity index (χ2n) is 6.21. The third-order valence-electron chi connectivity index (χ3n) is 4.35. The summed E-state index contributed by atoms with van der Waals surface area (Å²) in [6.45, 7) is 4.70. The Balaban J connectivity index is 1.26. The highest BCUT2D eigenvalue weighted by molar-refractivity contribution is 7.13. The quantitative estimate of drug-likeness (QED) is 0.879. The predicted octanol–water partition coefficient (Wildman–Crippen LogP) is 2.16. The summed E-state index contributed by atoms with van der Waals surface area (Å²) in [5, 5.41) is 6.58. The Morgan fingerprint density at radius 2 is 2.30 bits per heavy atom. The molecule has 1 N–H and O–H groups in total. The zero-order valence-corrected chi connectivity index (χ0v) is 14.0. The van der Waals surface area contributed by atoms with Crippen molar-refractivity contribution in [2.45, 2.75) is 31.5 Å². The number of nitrogens with zero attached hydrogens (tertiary/aromatic N) is 3. The summed E-state index contributed by atoms with van der Waals surface area (Å²) < 4.78 is 5.87. The molecule has 0 unspecified atom stereocenters. The Hall–Kier alpha value is -1.34. The number of hydrogen-bond donors (Lipinski definition) is 1. The van der Waals surface area contributed by atoms with E-state index in [1.807, 2.05) is 18.2 Å². The van der Waals surface area contributed by atoms with Crippen LogP contribution in [0.25, 0.3) is 10.7 Å².